The standard InChI is InChI=1S/C15H16N4O2/c20-15(19-10-5-6-11(19)8-16-7-10)21-14-12-3-1-2-4-13(12)17-9-18-14/h1-4,9-11,16H,5-8H2. The van der Waals surface area contributed by atoms with Crippen LogP contribution in [-0.4, -0.2) is 46.1 Å². The third-order valence-electron chi connectivity index (χ3n) is 4.28. The Bertz CT molecular complexity index is 669. The normalized spacial score (nSPS) is 24.3. The number of hydrogen-bond donors (Lipinski definition) is 1. The van der Waals surface area contributed by atoms with Crippen LogP contribution < -0.4 is 10.1 Å². The molecular weight excluding hydrogens is 268 g/mol. The highest BCUT2D eigenvalue weighted by Crippen LogP contribution is 2.28. The second-order valence-electron chi connectivity index (χ2n) is 5.51. The molecule has 1 N–H and O–H groups in total. The lowest BCUT2D eigenvalue weighted by Gasteiger charge is -2.34. The molecule has 2 fully saturated rings. The number of amides is 1. The van der Waals surface area contributed by atoms with E-state index in [1.807, 2.05) is 29.2 Å². The van der Waals surface area contributed by atoms with Crippen LogP contribution in [0.2, 0.25) is 0 Å². The highest BCUT2D eigenvalue weighted by Gasteiger charge is 2.40. The number of aromatic nitrogens is 2. The van der Waals surface area contributed by atoms with E-state index in [-0.39, 0.29) is 18.2 Å². The van der Waals surface area contributed by atoms with E-state index in [4.69, 9.17) is 4.74 Å². The maximum absolute atomic E-state index is 12.5. The highest BCUT2D eigenvalue weighted by atomic mass is 16.6. The van der Waals surface area contributed by atoms with Gasteiger partial charge in [0.15, 0.2) is 0 Å². The van der Waals surface area contributed by atoms with E-state index in [1.165, 1.54) is 6.33 Å². The van der Waals surface area contributed by atoms with Crippen molar-refractivity contribution in [3.63, 3.8) is 0 Å². The van der Waals surface area contributed by atoms with Crippen LogP contribution in [0.4, 0.5) is 4.79 Å². The number of fused-ring (bicyclic) bond motifs is 3. The topological polar surface area (TPSA) is 67.3 Å². The van der Waals surface area contributed by atoms with Gasteiger partial charge in [0, 0.05) is 25.2 Å². The zero-order chi connectivity index (χ0) is 14.2. The van der Waals surface area contributed by atoms with E-state index >= 15 is 0 Å². The molecule has 2 aliphatic rings. The minimum atomic E-state index is -0.298. The summed E-state index contributed by atoms with van der Waals surface area (Å²) < 4.78 is 5.56. The van der Waals surface area contributed by atoms with Crippen molar-refractivity contribution in [2.45, 2.75) is 24.9 Å². The Labute approximate surface area is 122 Å². The van der Waals surface area contributed by atoms with Crippen molar-refractivity contribution in [2.24, 2.45) is 0 Å². The van der Waals surface area contributed by atoms with Gasteiger partial charge in [-0.3, -0.25) is 4.90 Å². The first-order chi connectivity index (χ1) is 10.3. The maximum Gasteiger partial charge on any atom is 0.417 e. The van der Waals surface area contributed by atoms with Crippen LogP contribution >= 0.6 is 0 Å². The molecule has 0 aliphatic carbocycles. The lowest BCUT2D eigenvalue weighted by molar-refractivity contribution is 0.114. The van der Waals surface area contributed by atoms with Gasteiger partial charge < -0.3 is 10.1 Å². The molecule has 21 heavy (non-hydrogen) atoms. The number of nitrogens with one attached hydrogen (secondary N) is 1. The van der Waals surface area contributed by atoms with Crippen molar-refractivity contribution in [1.29, 1.82) is 0 Å². The molecule has 3 heterocycles. The van der Waals surface area contributed by atoms with Crippen LogP contribution in [0.1, 0.15) is 12.8 Å². The Hall–Kier alpha value is -2.21. The van der Waals surface area contributed by atoms with Crippen molar-refractivity contribution in [3.8, 4) is 5.88 Å². The van der Waals surface area contributed by atoms with Crippen molar-refractivity contribution in [3.05, 3.63) is 30.6 Å². The van der Waals surface area contributed by atoms with Crippen molar-refractivity contribution in [2.75, 3.05) is 13.1 Å². The molecule has 108 valence electrons. The van der Waals surface area contributed by atoms with Crippen LogP contribution in [0.5, 0.6) is 5.88 Å². The van der Waals surface area contributed by atoms with E-state index in [2.05, 4.69) is 15.3 Å². The summed E-state index contributed by atoms with van der Waals surface area (Å²) in [5.74, 6) is 0.337. The molecule has 2 saturated heterocycles. The minimum absolute atomic E-state index is 0.240. The third-order valence-corrected chi connectivity index (χ3v) is 4.28. The monoisotopic (exact) mass is 284 g/mol. The molecule has 2 bridgehead atoms. The molecule has 2 atom stereocenters. The summed E-state index contributed by atoms with van der Waals surface area (Å²) in [7, 11) is 0. The molecule has 1 aromatic carbocycles. The first-order valence-electron chi connectivity index (χ1n) is 7.23. The molecule has 0 spiro atoms. The van der Waals surface area contributed by atoms with E-state index in [9.17, 15) is 4.79 Å². The lowest BCUT2D eigenvalue weighted by atomic mass is 10.2. The van der Waals surface area contributed by atoms with Gasteiger partial charge in [-0.05, 0) is 25.0 Å². The third kappa shape index (κ3) is 2.12. The molecule has 1 aromatic heterocycles. The van der Waals surface area contributed by atoms with Gasteiger partial charge in [0.05, 0.1) is 10.9 Å². The number of carbonyl (C=O) groups excluding carboxylic acids is 1. The Balaban J connectivity index is 1.61. The smallest absolute Gasteiger partial charge is 0.390 e. The number of hydrogen-bond acceptors (Lipinski definition) is 5. The van der Waals surface area contributed by atoms with Gasteiger partial charge >= 0.3 is 6.09 Å². The fourth-order valence-corrected chi connectivity index (χ4v) is 3.27. The molecule has 4 rings (SSSR count). The molecule has 6 nitrogen and oxygen atoms in total. The summed E-state index contributed by atoms with van der Waals surface area (Å²) in [5, 5.41) is 4.11. The molecule has 2 aliphatic heterocycles. The number of ether oxygens (including phenoxy) is 1. The maximum atomic E-state index is 12.5. The molecule has 1 amide bonds. The summed E-state index contributed by atoms with van der Waals surface area (Å²) in [5.41, 5.74) is 0.776. The number of para-hydroxylation sites is 1. The van der Waals surface area contributed by atoms with Gasteiger partial charge in [-0.15, -0.1) is 0 Å². The van der Waals surface area contributed by atoms with E-state index in [0.29, 0.717) is 5.88 Å². The van der Waals surface area contributed by atoms with Crippen LogP contribution in [0.3, 0.4) is 0 Å². The second-order valence-corrected chi connectivity index (χ2v) is 5.51. The fourth-order valence-electron chi connectivity index (χ4n) is 3.27. The molecule has 2 aromatic rings. The number of rotatable bonds is 1. The van der Waals surface area contributed by atoms with Gasteiger partial charge in [0.25, 0.3) is 0 Å². The first-order valence-corrected chi connectivity index (χ1v) is 7.23. The van der Waals surface area contributed by atoms with Crippen LogP contribution in [0.25, 0.3) is 10.9 Å². The zero-order valence-corrected chi connectivity index (χ0v) is 11.5. The van der Waals surface area contributed by atoms with Crippen LogP contribution in [-0.2, 0) is 0 Å². The predicted octanol–water partition coefficient (Wildman–Crippen LogP) is 1.56. The summed E-state index contributed by atoms with van der Waals surface area (Å²) in [6.45, 7) is 1.69. The SMILES string of the molecule is O=C(Oc1ncnc2ccccc12)N1C2CCC1CNC2. The quantitative estimate of drug-likeness (QED) is 0.861. The van der Waals surface area contributed by atoms with Gasteiger partial charge in [-0.25, -0.2) is 14.8 Å². The van der Waals surface area contributed by atoms with Gasteiger partial charge in [-0.2, -0.15) is 0 Å². The number of nitrogens with zero attached hydrogens (tertiary/aromatic N) is 3. The van der Waals surface area contributed by atoms with Gasteiger partial charge in [-0.1, -0.05) is 12.1 Å². The average Bonchev–Trinajstić information content (AvgIpc) is 2.77. The largest absolute Gasteiger partial charge is 0.417 e. The first kappa shape index (κ1) is 12.5. The van der Waals surface area contributed by atoms with Crippen molar-refractivity contribution < 1.29 is 9.53 Å². The summed E-state index contributed by atoms with van der Waals surface area (Å²) in [4.78, 5) is 22.6. The second kappa shape index (κ2) is 4.96. The Morgan fingerprint density at radius 3 is 2.76 bits per heavy atom. The zero-order valence-electron chi connectivity index (χ0n) is 11.5. The van der Waals surface area contributed by atoms with Crippen LogP contribution in [0.15, 0.2) is 30.6 Å². The lowest BCUT2D eigenvalue weighted by Crippen LogP contribution is -2.55. The Morgan fingerprint density at radius 2 is 1.95 bits per heavy atom. The number of piperazine rings is 1. The fraction of sp³-hybridized carbons (Fsp3) is 0.400. The predicted molar refractivity (Wildman–Crippen MR) is 77.1 cm³/mol. The highest BCUT2D eigenvalue weighted by molar-refractivity contribution is 5.85. The molecule has 0 radical (unpaired) electrons. The number of carbonyl (C=O) groups is 1. The van der Waals surface area contributed by atoms with Crippen molar-refractivity contribution >= 4 is 17.0 Å². The molecule has 6 heteroatoms. The van der Waals surface area contributed by atoms with Gasteiger partial charge in [0.1, 0.15) is 6.33 Å². The summed E-state index contributed by atoms with van der Waals surface area (Å²) >= 11 is 0. The summed E-state index contributed by atoms with van der Waals surface area (Å²) in [6.07, 6.45) is 3.21. The molecule has 2 unspecified atom stereocenters. The minimum Gasteiger partial charge on any atom is -0.390 e. The average molecular weight is 284 g/mol. The number of benzene rings is 1. The Kier molecular flexibility index (Phi) is 2.96. The van der Waals surface area contributed by atoms with Crippen molar-refractivity contribution in [1.82, 2.24) is 20.2 Å². The summed E-state index contributed by atoms with van der Waals surface area (Å²) in [6, 6.07) is 8.01. The Morgan fingerprint density at radius 1 is 1.19 bits per heavy atom. The molecule has 0 saturated carbocycles. The van der Waals surface area contributed by atoms with Crippen LogP contribution in [0, 0.1) is 0 Å². The van der Waals surface area contributed by atoms with E-state index in [0.717, 1.165) is 36.8 Å². The van der Waals surface area contributed by atoms with E-state index < -0.39 is 0 Å². The van der Waals surface area contributed by atoms with Gasteiger partial charge in [0.2, 0.25) is 5.88 Å². The molecular formula is C15H16N4O2. The van der Waals surface area contributed by atoms with E-state index in [1.54, 1.807) is 0 Å².